The molecule has 0 saturated heterocycles. The second-order valence-electron chi connectivity index (χ2n) is 4.70. The van der Waals surface area contributed by atoms with Gasteiger partial charge in [-0.1, -0.05) is 22.0 Å². The van der Waals surface area contributed by atoms with Crippen LogP contribution < -0.4 is 9.46 Å². The van der Waals surface area contributed by atoms with E-state index in [0.29, 0.717) is 0 Å². The Bertz CT molecular complexity index is 869. The third-order valence-electron chi connectivity index (χ3n) is 2.85. The minimum absolute atomic E-state index is 0.235. The average molecular weight is 428 g/mol. The molecule has 0 radical (unpaired) electrons. The molecule has 0 aromatic heterocycles. The molecule has 0 saturated carbocycles. The Kier molecular flexibility index (Phi) is 5.09. The zero-order valence-electron chi connectivity index (χ0n) is 12.0. The molecule has 4 nitrogen and oxygen atoms in total. The van der Waals surface area contributed by atoms with Gasteiger partial charge in [-0.3, -0.25) is 4.72 Å². The van der Waals surface area contributed by atoms with Crippen LogP contribution in [0.4, 0.5) is 23.2 Å². The normalized spacial score (nSPS) is 12.1. The topological polar surface area (TPSA) is 55.4 Å². The van der Waals surface area contributed by atoms with Gasteiger partial charge in [-0.25, -0.2) is 12.8 Å². The molecule has 0 bridgehead atoms. The van der Waals surface area contributed by atoms with Crippen molar-refractivity contribution in [1.29, 1.82) is 0 Å². The summed E-state index contributed by atoms with van der Waals surface area (Å²) in [6.45, 7) is 1.43. The summed E-state index contributed by atoms with van der Waals surface area (Å²) >= 11 is 2.98. The van der Waals surface area contributed by atoms with E-state index in [0.717, 1.165) is 24.3 Å². The molecular weight excluding hydrogens is 418 g/mol. The first kappa shape index (κ1) is 18.5. The summed E-state index contributed by atoms with van der Waals surface area (Å²) in [5.41, 5.74) is -0.196. The number of ether oxygens (including phenoxy) is 1. The number of sulfonamides is 1. The molecule has 0 heterocycles. The smallest absolute Gasteiger partial charge is 0.403 e. The van der Waals surface area contributed by atoms with Crippen LogP contribution >= 0.6 is 15.9 Å². The number of rotatable bonds is 4. The number of aryl methyl sites for hydroxylation is 1. The van der Waals surface area contributed by atoms with Crippen molar-refractivity contribution < 1.29 is 30.7 Å². The van der Waals surface area contributed by atoms with Gasteiger partial charge >= 0.3 is 6.36 Å². The minimum atomic E-state index is -5.00. The van der Waals surface area contributed by atoms with Gasteiger partial charge in [0.15, 0.2) is 5.75 Å². The number of hydrogen-bond acceptors (Lipinski definition) is 3. The van der Waals surface area contributed by atoms with Gasteiger partial charge in [0.05, 0.1) is 10.6 Å². The van der Waals surface area contributed by atoms with Gasteiger partial charge in [-0.2, -0.15) is 0 Å². The van der Waals surface area contributed by atoms with E-state index in [1.807, 2.05) is 4.72 Å². The molecule has 24 heavy (non-hydrogen) atoms. The van der Waals surface area contributed by atoms with E-state index in [1.54, 1.807) is 0 Å². The monoisotopic (exact) mass is 427 g/mol. The van der Waals surface area contributed by atoms with Gasteiger partial charge in [-0.05, 0) is 42.8 Å². The van der Waals surface area contributed by atoms with Gasteiger partial charge in [0.2, 0.25) is 0 Å². The minimum Gasteiger partial charge on any atom is -0.403 e. The predicted octanol–water partition coefficient (Wildman–Crippen LogP) is 4.60. The molecule has 0 fully saturated rings. The second-order valence-corrected chi connectivity index (χ2v) is 7.27. The Hall–Kier alpha value is -1.81. The highest BCUT2D eigenvalue weighted by Gasteiger charge is 2.33. The quantitative estimate of drug-likeness (QED) is 0.725. The van der Waals surface area contributed by atoms with E-state index in [2.05, 4.69) is 20.7 Å². The molecule has 2 rings (SSSR count). The molecule has 0 amide bonds. The SMILES string of the molecule is Cc1ccc(F)cc1S(=O)(=O)Nc1ccc(Br)cc1OC(F)(F)F. The summed E-state index contributed by atoms with van der Waals surface area (Å²) < 4.78 is 81.4. The molecule has 0 unspecified atom stereocenters. The largest absolute Gasteiger partial charge is 0.573 e. The van der Waals surface area contributed by atoms with E-state index in [4.69, 9.17) is 0 Å². The van der Waals surface area contributed by atoms with Gasteiger partial charge in [0, 0.05) is 4.47 Å². The number of hydrogen-bond donors (Lipinski definition) is 1. The van der Waals surface area contributed by atoms with Crippen LogP contribution in [0, 0.1) is 12.7 Å². The average Bonchev–Trinajstić information content (AvgIpc) is 2.42. The Labute approximate surface area is 143 Å². The van der Waals surface area contributed by atoms with E-state index in [9.17, 15) is 26.0 Å². The predicted molar refractivity (Wildman–Crippen MR) is 82.8 cm³/mol. The van der Waals surface area contributed by atoms with E-state index >= 15 is 0 Å². The lowest BCUT2D eigenvalue weighted by Crippen LogP contribution is -2.20. The maximum absolute atomic E-state index is 13.3. The third-order valence-corrected chi connectivity index (χ3v) is 4.85. The van der Waals surface area contributed by atoms with Crippen LogP contribution in [0.15, 0.2) is 45.8 Å². The molecule has 0 aliphatic carbocycles. The summed E-state index contributed by atoms with van der Waals surface area (Å²) in [6.07, 6.45) is -5.00. The Morgan fingerprint density at radius 2 is 1.79 bits per heavy atom. The lowest BCUT2D eigenvalue weighted by Gasteiger charge is -2.16. The molecule has 0 atom stereocenters. The number of halogens is 5. The van der Waals surface area contributed by atoms with Crippen molar-refractivity contribution in [3.63, 3.8) is 0 Å². The van der Waals surface area contributed by atoms with Crippen LogP contribution in [-0.2, 0) is 10.0 Å². The molecule has 0 aliphatic rings. The van der Waals surface area contributed by atoms with Crippen LogP contribution in [0.25, 0.3) is 0 Å². The van der Waals surface area contributed by atoms with E-state index in [-0.39, 0.29) is 14.9 Å². The molecule has 0 aliphatic heterocycles. The molecule has 130 valence electrons. The van der Waals surface area contributed by atoms with Gasteiger partial charge in [0.25, 0.3) is 10.0 Å². The molecular formula is C14H10BrF4NO3S. The summed E-state index contributed by atoms with van der Waals surface area (Å²) in [4.78, 5) is -0.386. The summed E-state index contributed by atoms with van der Waals surface area (Å²) in [5, 5.41) is 0. The number of anilines is 1. The number of nitrogens with one attached hydrogen (secondary N) is 1. The van der Waals surface area contributed by atoms with Crippen molar-refractivity contribution in [3.8, 4) is 5.75 Å². The molecule has 10 heteroatoms. The van der Waals surface area contributed by atoms with Crippen molar-refractivity contribution >= 4 is 31.6 Å². The molecule has 2 aromatic rings. The summed E-state index contributed by atoms with van der Waals surface area (Å²) in [7, 11) is -4.31. The fourth-order valence-electron chi connectivity index (χ4n) is 1.85. The molecule has 0 spiro atoms. The first-order chi connectivity index (χ1) is 11.0. The first-order valence-corrected chi connectivity index (χ1v) is 8.60. The molecule has 2 aromatic carbocycles. The van der Waals surface area contributed by atoms with Crippen LogP contribution in [0.3, 0.4) is 0 Å². The maximum Gasteiger partial charge on any atom is 0.573 e. The van der Waals surface area contributed by atoms with Crippen molar-refractivity contribution in [2.24, 2.45) is 0 Å². The van der Waals surface area contributed by atoms with Crippen molar-refractivity contribution in [1.82, 2.24) is 0 Å². The standard InChI is InChI=1S/C14H10BrF4NO3S/c1-8-2-4-10(16)7-13(8)24(21,22)20-11-5-3-9(15)6-12(11)23-14(17,18)19/h2-7,20H,1H3. The lowest BCUT2D eigenvalue weighted by atomic mass is 10.2. The van der Waals surface area contributed by atoms with Gasteiger partial charge in [-0.15, -0.1) is 13.2 Å². The third kappa shape index (κ3) is 4.60. The maximum atomic E-state index is 13.3. The first-order valence-electron chi connectivity index (χ1n) is 6.32. The van der Waals surface area contributed by atoms with E-state index < -0.39 is 33.6 Å². The highest BCUT2D eigenvalue weighted by atomic mass is 79.9. The van der Waals surface area contributed by atoms with E-state index in [1.165, 1.54) is 19.1 Å². The van der Waals surface area contributed by atoms with Gasteiger partial charge < -0.3 is 4.74 Å². The zero-order chi connectivity index (χ0) is 18.1. The highest BCUT2D eigenvalue weighted by molar-refractivity contribution is 9.10. The van der Waals surface area contributed by atoms with Gasteiger partial charge in [0.1, 0.15) is 5.82 Å². The van der Waals surface area contributed by atoms with Crippen LogP contribution in [0.2, 0.25) is 0 Å². The fraction of sp³-hybridized carbons (Fsp3) is 0.143. The number of alkyl halides is 3. The van der Waals surface area contributed by atoms with Crippen molar-refractivity contribution in [2.75, 3.05) is 4.72 Å². The fourth-order valence-corrected chi connectivity index (χ4v) is 3.52. The highest BCUT2D eigenvalue weighted by Crippen LogP contribution is 2.34. The zero-order valence-corrected chi connectivity index (χ0v) is 14.4. The Morgan fingerprint density at radius 1 is 1.12 bits per heavy atom. The summed E-state index contributed by atoms with van der Waals surface area (Å²) in [6, 6.07) is 6.49. The Balaban J connectivity index is 2.45. The van der Waals surface area contributed by atoms with Crippen LogP contribution in [-0.4, -0.2) is 14.8 Å². The Morgan fingerprint density at radius 3 is 2.42 bits per heavy atom. The van der Waals surface area contributed by atoms with Crippen LogP contribution in [0.5, 0.6) is 5.75 Å². The number of benzene rings is 2. The molecule has 1 N–H and O–H groups in total. The lowest BCUT2D eigenvalue weighted by molar-refractivity contribution is -0.274. The van der Waals surface area contributed by atoms with Crippen molar-refractivity contribution in [3.05, 3.63) is 52.3 Å². The van der Waals surface area contributed by atoms with Crippen molar-refractivity contribution in [2.45, 2.75) is 18.2 Å². The summed E-state index contributed by atoms with van der Waals surface area (Å²) in [5.74, 6) is -1.53. The van der Waals surface area contributed by atoms with Crippen LogP contribution in [0.1, 0.15) is 5.56 Å². The second kappa shape index (κ2) is 6.60.